The molecule has 0 saturated heterocycles. The molecule has 8 heteroatoms. The molecule has 0 spiro atoms. The number of aromatic nitrogens is 2. The zero-order valence-electron chi connectivity index (χ0n) is 10.0. The van der Waals surface area contributed by atoms with Crippen molar-refractivity contribution in [2.75, 3.05) is 13.2 Å². The first-order valence-electron chi connectivity index (χ1n) is 5.62. The Balaban J connectivity index is 2.27. The summed E-state index contributed by atoms with van der Waals surface area (Å²) in [5, 5.41) is 3.63. The number of rotatable bonds is 7. The lowest BCUT2D eigenvalue weighted by Gasteiger charge is -2.05. The van der Waals surface area contributed by atoms with Crippen LogP contribution in [0.1, 0.15) is 25.1 Å². The molecule has 104 valence electrons. The van der Waals surface area contributed by atoms with Gasteiger partial charge in [0.25, 0.3) is 0 Å². The molecule has 1 aromatic rings. The van der Waals surface area contributed by atoms with E-state index in [9.17, 15) is 13.2 Å². The normalized spacial score (nSPS) is 13.8. The topological polar surface area (TPSA) is 74.2 Å². The van der Waals surface area contributed by atoms with Crippen LogP contribution in [0.15, 0.2) is 4.52 Å². The third-order valence-corrected chi connectivity index (χ3v) is 2.21. The molecule has 0 bridgehead atoms. The van der Waals surface area contributed by atoms with Gasteiger partial charge in [-0.05, 0) is 6.42 Å². The molecule has 0 aliphatic carbocycles. The number of hydrogen-bond donors (Lipinski definition) is 1. The summed E-state index contributed by atoms with van der Waals surface area (Å²) >= 11 is 0. The van der Waals surface area contributed by atoms with Gasteiger partial charge in [0.1, 0.15) is 6.61 Å². The van der Waals surface area contributed by atoms with Crippen molar-refractivity contribution in [3.8, 4) is 0 Å². The number of halogens is 3. The van der Waals surface area contributed by atoms with E-state index in [1.54, 1.807) is 0 Å². The van der Waals surface area contributed by atoms with Crippen LogP contribution in [0.2, 0.25) is 0 Å². The summed E-state index contributed by atoms with van der Waals surface area (Å²) in [6.07, 6.45) is -2.88. The number of nitrogens with zero attached hydrogens (tertiary/aromatic N) is 2. The first kappa shape index (κ1) is 14.9. The van der Waals surface area contributed by atoms with E-state index in [1.165, 1.54) is 0 Å². The Morgan fingerprint density at radius 1 is 1.44 bits per heavy atom. The molecule has 2 N–H and O–H groups in total. The van der Waals surface area contributed by atoms with E-state index >= 15 is 0 Å². The Kier molecular flexibility index (Phi) is 5.54. The van der Waals surface area contributed by atoms with Crippen molar-refractivity contribution >= 4 is 0 Å². The third kappa shape index (κ3) is 5.97. The van der Waals surface area contributed by atoms with Crippen molar-refractivity contribution in [2.45, 2.75) is 38.4 Å². The standard InChI is InChI=1S/C10H16F3N3O2/c1-2-7(14)5-9-15-8(16-18-9)3-4-17-6-10(11,12)13/h7H,2-6,14H2,1H3. The smallest absolute Gasteiger partial charge is 0.372 e. The number of alkyl halides is 3. The maximum absolute atomic E-state index is 11.8. The molecule has 0 radical (unpaired) electrons. The van der Waals surface area contributed by atoms with Crippen LogP contribution >= 0.6 is 0 Å². The Hall–Kier alpha value is -1.15. The summed E-state index contributed by atoms with van der Waals surface area (Å²) in [5.41, 5.74) is 5.71. The van der Waals surface area contributed by atoms with Crippen LogP contribution in [-0.2, 0) is 17.6 Å². The maximum atomic E-state index is 11.8. The van der Waals surface area contributed by atoms with Gasteiger partial charge in [-0.1, -0.05) is 12.1 Å². The van der Waals surface area contributed by atoms with E-state index in [1.807, 2.05) is 6.92 Å². The van der Waals surface area contributed by atoms with Crippen LogP contribution < -0.4 is 5.73 Å². The SMILES string of the molecule is CCC(N)Cc1nc(CCOCC(F)(F)F)no1. The van der Waals surface area contributed by atoms with Gasteiger partial charge >= 0.3 is 6.18 Å². The van der Waals surface area contributed by atoms with E-state index in [-0.39, 0.29) is 19.1 Å². The molecule has 0 aliphatic heterocycles. The van der Waals surface area contributed by atoms with Crippen LogP contribution in [-0.4, -0.2) is 35.6 Å². The lowest BCUT2D eigenvalue weighted by molar-refractivity contribution is -0.173. The second kappa shape index (κ2) is 6.69. The van der Waals surface area contributed by atoms with Gasteiger partial charge in [0.05, 0.1) is 6.61 Å². The molecule has 1 heterocycles. The van der Waals surface area contributed by atoms with Crippen LogP contribution in [0, 0.1) is 0 Å². The first-order chi connectivity index (χ1) is 8.40. The van der Waals surface area contributed by atoms with Crippen molar-refractivity contribution in [2.24, 2.45) is 5.73 Å². The molecule has 1 rings (SSSR count). The quantitative estimate of drug-likeness (QED) is 0.757. The van der Waals surface area contributed by atoms with E-state index in [2.05, 4.69) is 14.9 Å². The summed E-state index contributed by atoms with van der Waals surface area (Å²) in [6.45, 7) is 0.573. The van der Waals surface area contributed by atoms with E-state index in [4.69, 9.17) is 10.3 Å². The Labute approximate surface area is 102 Å². The van der Waals surface area contributed by atoms with Crippen LogP contribution in [0.4, 0.5) is 13.2 Å². The molecule has 0 fully saturated rings. The maximum Gasteiger partial charge on any atom is 0.411 e. The molecular weight excluding hydrogens is 251 g/mol. The molecule has 0 aliphatic rings. The number of nitrogens with two attached hydrogens (primary N) is 1. The summed E-state index contributed by atoms with van der Waals surface area (Å²) < 4.78 is 44.7. The first-order valence-corrected chi connectivity index (χ1v) is 5.62. The summed E-state index contributed by atoms with van der Waals surface area (Å²) in [6, 6.07) is -0.0558. The predicted molar refractivity (Wildman–Crippen MR) is 56.8 cm³/mol. The minimum Gasteiger partial charge on any atom is -0.372 e. The van der Waals surface area contributed by atoms with E-state index < -0.39 is 12.8 Å². The molecular formula is C10H16F3N3O2. The summed E-state index contributed by atoms with van der Waals surface area (Å²) in [5.74, 6) is 0.727. The fourth-order valence-corrected chi connectivity index (χ4v) is 1.19. The number of ether oxygens (including phenoxy) is 1. The Morgan fingerprint density at radius 2 is 2.17 bits per heavy atom. The fourth-order valence-electron chi connectivity index (χ4n) is 1.19. The third-order valence-electron chi connectivity index (χ3n) is 2.21. The van der Waals surface area contributed by atoms with Gasteiger partial charge in [0, 0.05) is 18.9 Å². The summed E-state index contributed by atoms with van der Waals surface area (Å²) in [4.78, 5) is 4.01. The second-order valence-electron chi connectivity index (χ2n) is 3.89. The van der Waals surface area contributed by atoms with Gasteiger partial charge in [0.2, 0.25) is 5.89 Å². The van der Waals surface area contributed by atoms with Crippen molar-refractivity contribution in [3.05, 3.63) is 11.7 Å². The lowest BCUT2D eigenvalue weighted by Crippen LogP contribution is -2.21. The Morgan fingerprint density at radius 3 is 2.78 bits per heavy atom. The fraction of sp³-hybridized carbons (Fsp3) is 0.800. The molecule has 0 aromatic carbocycles. The molecule has 0 saturated carbocycles. The highest BCUT2D eigenvalue weighted by Gasteiger charge is 2.27. The lowest BCUT2D eigenvalue weighted by atomic mass is 10.2. The van der Waals surface area contributed by atoms with Crippen molar-refractivity contribution in [3.63, 3.8) is 0 Å². The molecule has 0 amide bonds. The highest BCUT2D eigenvalue weighted by molar-refractivity contribution is 4.89. The van der Waals surface area contributed by atoms with Crippen LogP contribution in [0.25, 0.3) is 0 Å². The van der Waals surface area contributed by atoms with Crippen LogP contribution in [0.3, 0.4) is 0 Å². The second-order valence-corrected chi connectivity index (χ2v) is 3.89. The van der Waals surface area contributed by atoms with Crippen LogP contribution in [0.5, 0.6) is 0 Å². The number of hydrogen-bond acceptors (Lipinski definition) is 5. The largest absolute Gasteiger partial charge is 0.411 e. The average molecular weight is 267 g/mol. The van der Waals surface area contributed by atoms with E-state index in [0.717, 1.165) is 6.42 Å². The highest BCUT2D eigenvalue weighted by Crippen LogP contribution is 2.14. The van der Waals surface area contributed by atoms with Crippen molar-refractivity contribution < 1.29 is 22.4 Å². The minimum absolute atomic E-state index is 0.0558. The molecule has 18 heavy (non-hydrogen) atoms. The minimum atomic E-state index is -4.31. The van der Waals surface area contributed by atoms with Gasteiger partial charge < -0.3 is 15.0 Å². The van der Waals surface area contributed by atoms with Gasteiger partial charge in [-0.3, -0.25) is 0 Å². The van der Waals surface area contributed by atoms with Gasteiger partial charge in [-0.2, -0.15) is 18.2 Å². The zero-order valence-corrected chi connectivity index (χ0v) is 10.0. The molecule has 5 nitrogen and oxygen atoms in total. The van der Waals surface area contributed by atoms with Gasteiger partial charge in [-0.15, -0.1) is 0 Å². The molecule has 1 unspecified atom stereocenters. The van der Waals surface area contributed by atoms with Crippen molar-refractivity contribution in [1.29, 1.82) is 0 Å². The highest BCUT2D eigenvalue weighted by atomic mass is 19.4. The Bertz CT molecular complexity index is 354. The molecule has 1 atom stereocenters. The zero-order chi connectivity index (χ0) is 13.6. The molecule has 1 aromatic heterocycles. The van der Waals surface area contributed by atoms with Gasteiger partial charge in [-0.25, -0.2) is 0 Å². The van der Waals surface area contributed by atoms with E-state index in [0.29, 0.717) is 18.1 Å². The van der Waals surface area contributed by atoms with Crippen molar-refractivity contribution in [1.82, 2.24) is 10.1 Å². The summed E-state index contributed by atoms with van der Waals surface area (Å²) in [7, 11) is 0. The van der Waals surface area contributed by atoms with Gasteiger partial charge in [0.15, 0.2) is 5.82 Å². The average Bonchev–Trinajstić information content (AvgIpc) is 2.71. The predicted octanol–water partition coefficient (Wildman–Crippen LogP) is 1.47. The monoisotopic (exact) mass is 267 g/mol.